The van der Waals surface area contributed by atoms with Gasteiger partial charge in [-0.05, 0) is 37.9 Å². The van der Waals surface area contributed by atoms with Gasteiger partial charge in [0.1, 0.15) is 11.4 Å². The fraction of sp³-hybridized carbons (Fsp3) is 0.450. The molecule has 1 atom stereocenters. The van der Waals surface area contributed by atoms with Crippen LogP contribution in [0.1, 0.15) is 55.6 Å². The molecule has 28 heavy (non-hydrogen) atoms. The van der Waals surface area contributed by atoms with Crippen LogP contribution >= 0.6 is 15.9 Å². The lowest BCUT2D eigenvalue weighted by atomic mass is 10.1. The molecule has 0 unspecified atom stereocenters. The van der Waals surface area contributed by atoms with Crippen LogP contribution in [0.2, 0.25) is 0 Å². The van der Waals surface area contributed by atoms with Crippen molar-refractivity contribution in [3.05, 3.63) is 60.7 Å². The number of Topliss-reactive ketones (excluding diaryl/α,β-unsaturated/α-hetero) is 1. The number of ketones is 1. The summed E-state index contributed by atoms with van der Waals surface area (Å²) in [5, 5.41) is 0. The zero-order chi connectivity index (χ0) is 20.8. The van der Waals surface area contributed by atoms with Gasteiger partial charge in [-0.15, -0.1) is 0 Å². The average Bonchev–Trinajstić information content (AvgIpc) is 2.64. The van der Waals surface area contributed by atoms with Crippen molar-refractivity contribution in [3.63, 3.8) is 0 Å². The minimum absolute atomic E-state index is 0.0357. The molecule has 0 fully saturated rings. The quantitative estimate of drug-likeness (QED) is 0.571. The van der Waals surface area contributed by atoms with Crippen LogP contribution in [0.15, 0.2) is 38.3 Å². The lowest BCUT2D eigenvalue weighted by Gasteiger charge is -2.29. The van der Waals surface area contributed by atoms with Crippen molar-refractivity contribution < 1.29 is 4.79 Å². The predicted octanol–water partition coefficient (Wildman–Crippen LogP) is 2.95. The van der Waals surface area contributed by atoms with E-state index < -0.39 is 17.0 Å². The van der Waals surface area contributed by atoms with Crippen LogP contribution in [-0.4, -0.2) is 33.3 Å². The van der Waals surface area contributed by atoms with E-state index in [0.29, 0.717) is 19.5 Å². The van der Waals surface area contributed by atoms with Crippen LogP contribution in [0.4, 0.5) is 5.82 Å². The van der Waals surface area contributed by atoms with E-state index in [1.807, 2.05) is 49.9 Å². The van der Waals surface area contributed by atoms with E-state index in [1.165, 1.54) is 4.57 Å². The van der Waals surface area contributed by atoms with E-state index in [-0.39, 0.29) is 24.0 Å². The van der Waals surface area contributed by atoms with E-state index in [0.717, 1.165) is 16.5 Å². The number of nitrogens with two attached hydrogens (primary N) is 1. The summed E-state index contributed by atoms with van der Waals surface area (Å²) in [6.45, 7) is 7.00. The molecule has 0 saturated heterocycles. The van der Waals surface area contributed by atoms with Crippen LogP contribution in [0, 0.1) is 0 Å². The maximum Gasteiger partial charge on any atom is 0.329 e. The molecule has 0 aliphatic heterocycles. The minimum atomic E-state index is -0.732. The van der Waals surface area contributed by atoms with Crippen LogP contribution in [0.5, 0.6) is 0 Å². The van der Waals surface area contributed by atoms with Crippen molar-refractivity contribution in [2.24, 2.45) is 0 Å². The molecule has 3 N–H and O–H groups in total. The summed E-state index contributed by atoms with van der Waals surface area (Å²) in [6.07, 6.45) is 1.51. The van der Waals surface area contributed by atoms with E-state index in [9.17, 15) is 14.4 Å². The van der Waals surface area contributed by atoms with E-state index >= 15 is 0 Å². The molecular weight excluding hydrogens is 424 g/mol. The Balaban J connectivity index is 2.38. The number of hydrogen-bond acceptors (Lipinski definition) is 5. The highest BCUT2D eigenvalue weighted by molar-refractivity contribution is 9.10. The van der Waals surface area contributed by atoms with Gasteiger partial charge < -0.3 is 5.73 Å². The maximum atomic E-state index is 13.0. The molecule has 2 rings (SSSR count). The summed E-state index contributed by atoms with van der Waals surface area (Å²) in [6, 6.07) is 7.81. The standard InChI is InChI=1S/C20H27BrN4O3/c1-4-10-24(13(3)14-8-6-7-9-15(14)21)12-16(26)17-18(22)25(11-5-2)20(28)23-19(17)27/h6-9,13H,4-5,10-12,22H2,1-3H3,(H,23,27,28)/t13-/m1/s1. The highest BCUT2D eigenvalue weighted by Gasteiger charge is 2.24. The van der Waals surface area contributed by atoms with Crippen molar-refractivity contribution in [2.45, 2.75) is 46.2 Å². The zero-order valence-corrected chi connectivity index (χ0v) is 18.1. The molecule has 0 aliphatic rings. The first-order valence-corrected chi connectivity index (χ1v) is 10.2. The number of aromatic nitrogens is 2. The summed E-state index contributed by atoms with van der Waals surface area (Å²) >= 11 is 3.56. The number of halogens is 1. The van der Waals surface area contributed by atoms with Gasteiger partial charge in [0.05, 0.1) is 6.54 Å². The molecule has 2 aromatic rings. The number of carbonyl (C=O) groups excluding carboxylic acids is 1. The molecule has 7 nitrogen and oxygen atoms in total. The molecule has 0 aliphatic carbocycles. The third-order valence-corrected chi connectivity index (χ3v) is 5.45. The topological polar surface area (TPSA) is 101 Å². The van der Waals surface area contributed by atoms with Gasteiger partial charge in [0, 0.05) is 17.1 Å². The lowest BCUT2D eigenvalue weighted by molar-refractivity contribution is 0.0896. The second-order valence-corrected chi connectivity index (χ2v) is 7.62. The van der Waals surface area contributed by atoms with Gasteiger partial charge in [-0.25, -0.2) is 4.79 Å². The first kappa shape index (κ1) is 22.1. The summed E-state index contributed by atoms with van der Waals surface area (Å²) in [5.74, 6) is -0.457. The van der Waals surface area contributed by atoms with Gasteiger partial charge >= 0.3 is 5.69 Å². The molecule has 0 saturated carbocycles. The Morgan fingerprint density at radius 3 is 2.54 bits per heavy atom. The number of hydrogen-bond donors (Lipinski definition) is 2. The Morgan fingerprint density at radius 1 is 1.25 bits per heavy atom. The van der Waals surface area contributed by atoms with Crippen molar-refractivity contribution in [2.75, 3.05) is 18.8 Å². The Morgan fingerprint density at radius 2 is 1.93 bits per heavy atom. The Labute approximate surface area is 172 Å². The van der Waals surface area contributed by atoms with Crippen molar-refractivity contribution in [1.82, 2.24) is 14.5 Å². The lowest BCUT2D eigenvalue weighted by Crippen LogP contribution is -2.40. The van der Waals surface area contributed by atoms with E-state index in [2.05, 4.69) is 20.9 Å². The van der Waals surface area contributed by atoms with Gasteiger partial charge in [0.25, 0.3) is 5.56 Å². The normalized spacial score (nSPS) is 12.3. The van der Waals surface area contributed by atoms with Gasteiger partial charge in [-0.3, -0.25) is 24.0 Å². The zero-order valence-electron chi connectivity index (χ0n) is 16.5. The van der Waals surface area contributed by atoms with Gasteiger partial charge in [-0.1, -0.05) is 48.0 Å². The minimum Gasteiger partial charge on any atom is -0.384 e. The highest BCUT2D eigenvalue weighted by atomic mass is 79.9. The number of benzene rings is 1. The predicted molar refractivity (Wildman–Crippen MR) is 115 cm³/mol. The largest absolute Gasteiger partial charge is 0.384 e. The van der Waals surface area contributed by atoms with Crippen LogP contribution in [0.25, 0.3) is 0 Å². The molecule has 0 amide bonds. The number of nitrogens with one attached hydrogen (secondary N) is 1. The van der Waals surface area contributed by atoms with Crippen LogP contribution in [0.3, 0.4) is 0 Å². The SMILES string of the molecule is CCCN(CC(=O)c1c(N)n(CCC)c(=O)[nH]c1=O)[C@H](C)c1ccccc1Br. The number of nitrogens with zero attached hydrogens (tertiary/aromatic N) is 2. The molecule has 0 radical (unpaired) electrons. The third kappa shape index (κ3) is 4.80. The molecule has 0 bridgehead atoms. The van der Waals surface area contributed by atoms with E-state index in [4.69, 9.17) is 5.73 Å². The smallest absolute Gasteiger partial charge is 0.329 e. The summed E-state index contributed by atoms with van der Waals surface area (Å²) in [5.41, 5.74) is 5.62. The Kier molecular flexibility index (Phi) is 7.77. The second kappa shape index (κ2) is 9.84. The number of nitrogen functional groups attached to an aromatic ring is 1. The number of carbonyl (C=O) groups is 1. The molecule has 1 aromatic heterocycles. The fourth-order valence-electron chi connectivity index (χ4n) is 3.27. The van der Waals surface area contributed by atoms with Crippen molar-refractivity contribution in [1.29, 1.82) is 0 Å². The molecule has 8 heteroatoms. The molecule has 0 spiro atoms. The monoisotopic (exact) mass is 450 g/mol. The Hall–Kier alpha value is -2.19. The van der Waals surface area contributed by atoms with Crippen LogP contribution in [-0.2, 0) is 6.54 Å². The van der Waals surface area contributed by atoms with Crippen LogP contribution < -0.4 is 17.0 Å². The number of H-pyrrole nitrogens is 1. The molecule has 1 aromatic carbocycles. The van der Waals surface area contributed by atoms with E-state index in [1.54, 1.807) is 0 Å². The number of rotatable bonds is 9. The van der Waals surface area contributed by atoms with Gasteiger partial charge in [0.15, 0.2) is 5.78 Å². The first-order valence-electron chi connectivity index (χ1n) is 9.46. The van der Waals surface area contributed by atoms with Gasteiger partial charge in [0.2, 0.25) is 0 Å². The molecule has 152 valence electrons. The highest BCUT2D eigenvalue weighted by Crippen LogP contribution is 2.27. The second-order valence-electron chi connectivity index (χ2n) is 6.76. The number of aromatic amines is 1. The fourth-order valence-corrected chi connectivity index (χ4v) is 3.89. The summed E-state index contributed by atoms with van der Waals surface area (Å²) < 4.78 is 2.21. The number of anilines is 1. The Bertz CT molecular complexity index is 951. The molecular formula is C20H27BrN4O3. The van der Waals surface area contributed by atoms with Crippen molar-refractivity contribution in [3.8, 4) is 0 Å². The summed E-state index contributed by atoms with van der Waals surface area (Å²) in [7, 11) is 0. The first-order chi connectivity index (χ1) is 13.3. The maximum absolute atomic E-state index is 13.0. The summed E-state index contributed by atoms with van der Waals surface area (Å²) in [4.78, 5) is 41.5. The van der Waals surface area contributed by atoms with Gasteiger partial charge in [-0.2, -0.15) is 0 Å². The van der Waals surface area contributed by atoms with Crippen molar-refractivity contribution >= 4 is 27.5 Å². The third-order valence-electron chi connectivity index (χ3n) is 4.73. The molecule has 1 heterocycles. The average molecular weight is 451 g/mol.